The van der Waals surface area contributed by atoms with E-state index in [1.54, 1.807) is 31.1 Å². The first-order valence-electron chi connectivity index (χ1n) is 9.41. The van der Waals surface area contributed by atoms with Gasteiger partial charge < -0.3 is 15.1 Å². The molecule has 1 unspecified atom stereocenters. The van der Waals surface area contributed by atoms with Crippen molar-refractivity contribution in [3.63, 3.8) is 0 Å². The zero-order valence-electron chi connectivity index (χ0n) is 16.2. The van der Waals surface area contributed by atoms with E-state index < -0.39 is 6.04 Å². The number of nitrogens with zero attached hydrogens (tertiary/aromatic N) is 2. The Bertz CT molecular complexity index is 847. The van der Waals surface area contributed by atoms with Crippen molar-refractivity contribution >= 4 is 17.7 Å². The number of likely N-dealkylation sites (N-methyl/N-ethyl adjacent to an activating group) is 1. The molecular formula is C22H25N3O3. The molecule has 6 heteroatoms. The maximum absolute atomic E-state index is 12.5. The third-order valence-corrected chi connectivity index (χ3v) is 4.95. The van der Waals surface area contributed by atoms with Crippen LogP contribution in [0.1, 0.15) is 23.2 Å². The van der Waals surface area contributed by atoms with E-state index >= 15 is 0 Å². The molecule has 0 bridgehead atoms. The molecule has 1 N–H and O–H groups in total. The monoisotopic (exact) mass is 379 g/mol. The van der Waals surface area contributed by atoms with E-state index in [0.29, 0.717) is 18.5 Å². The number of carbonyl (C=O) groups is 3. The Kier molecular flexibility index (Phi) is 6.09. The molecule has 0 aromatic heterocycles. The van der Waals surface area contributed by atoms with Gasteiger partial charge in [-0.1, -0.05) is 42.5 Å². The molecule has 2 aromatic rings. The van der Waals surface area contributed by atoms with Crippen molar-refractivity contribution in [2.45, 2.75) is 18.9 Å². The first kappa shape index (κ1) is 19.6. The number of carbonyl (C=O) groups excluding carboxylic acids is 3. The minimum Gasteiger partial charge on any atom is -0.347 e. The molecule has 1 aliphatic heterocycles. The Hall–Kier alpha value is -3.15. The van der Waals surface area contributed by atoms with Crippen molar-refractivity contribution in [3.05, 3.63) is 60.2 Å². The molecule has 1 aliphatic rings. The van der Waals surface area contributed by atoms with E-state index in [2.05, 4.69) is 5.32 Å². The van der Waals surface area contributed by atoms with Gasteiger partial charge in [0, 0.05) is 26.2 Å². The van der Waals surface area contributed by atoms with Crippen molar-refractivity contribution in [1.82, 2.24) is 15.1 Å². The Morgan fingerprint density at radius 3 is 2.29 bits per heavy atom. The smallest absolute Gasteiger partial charge is 0.251 e. The van der Waals surface area contributed by atoms with Gasteiger partial charge in [-0.05, 0) is 36.1 Å². The predicted molar refractivity (Wildman–Crippen MR) is 108 cm³/mol. The lowest BCUT2D eigenvalue weighted by molar-refractivity contribution is -0.141. The molecule has 0 aliphatic carbocycles. The Morgan fingerprint density at radius 2 is 1.64 bits per heavy atom. The molecule has 3 amide bonds. The van der Waals surface area contributed by atoms with Crippen molar-refractivity contribution in [2.24, 2.45) is 0 Å². The van der Waals surface area contributed by atoms with Gasteiger partial charge >= 0.3 is 0 Å². The zero-order chi connectivity index (χ0) is 20.1. The average Bonchev–Trinajstić information content (AvgIpc) is 3.21. The van der Waals surface area contributed by atoms with Crippen LogP contribution in [0.3, 0.4) is 0 Å². The number of amides is 3. The lowest BCUT2D eigenvalue weighted by Crippen LogP contribution is -2.48. The first-order valence-corrected chi connectivity index (χ1v) is 9.41. The van der Waals surface area contributed by atoms with E-state index in [0.717, 1.165) is 17.5 Å². The van der Waals surface area contributed by atoms with Gasteiger partial charge in [0.15, 0.2) is 0 Å². The average molecular weight is 379 g/mol. The number of likely N-dealkylation sites (tertiary alicyclic amines) is 1. The molecule has 146 valence electrons. The fourth-order valence-corrected chi connectivity index (χ4v) is 3.42. The molecule has 0 radical (unpaired) electrons. The summed E-state index contributed by atoms with van der Waals surface area (Å²) in [6.45, 7) is 0.432. The molecule has 1 fully saturated rings. The molecule has 1 saturated heterocycles. The van der Waals surface area contributed by atoms with Crippen LogP contribution in [-0.4, -0.2) is 60.7 Å². The Morgan fingerprint density at radius 1 is 1.00 bits per heavy atom. The van der Waals surface area contributed by atoms with Crippen LogP contribution in [0.15, 0.2) is 54.6 Å². The lowest BCUT2D eigenvalue weighted by Gasteiger charge is -2.26. The summed E-state index contributed by atoms with van der Waals surface area (Å²) in [5, 5.41) is 2.67. The molecular weight excluding hydrogens is 354 g/mol. The molecule has 3 rings (SSSR count). The van der Waals surface area contributed by atoms with Gasteiger partial charge in [0.2, 0.25) is 11.8 Å². The van der Waals surface area contributed by atoms with Crippen molar-refractivity contribution < 1.29 is 14.4 Å². The highest BCUT2D eigenvalue weighted by molar-refractivity contribution is 5.97. The van der Waals surface area contributed by atoms with Crippen LogP contribution in [0.25, 0.3) is 11.1 Å². The third-order valence-electron chi connectivity index (χ3n) is 4.95. The Labute approximate surface area is 165 Å². The highest BCUT2D eigenvalue weighted by atomic mass is 16.2. The molecule has 0 spiro atoms. The largest absolute Gasteiger partial charge is 0.347 e. The maximum atomic E-state index is 12.5. The van der Waals surface area contributed by atoms with Crippen LogP contribution in [0.2, 0.25) is 0 Å². The van der Waals surface area contributed by atoms with Crippen LogP contribution >= 0.6 is 0 Å². The van der Waals surface area contributed by atoms with Gasteiger partial charge in [0.1, 0.15) is 6.04 Å². The summed E-state index contributed by atoms with van der Waals surface area (Å²) in [6.07, 6.45) is 1.46. The molecule has 1 atom stereocenters. The third kappa shape index (κ3) is 4.39. The highest BCUT2D eigenvalue weighted by Crippen LogP contribution is 2.20. The Balaban J connectivity index is 1.58. The van der Waals surface area contributed by atoms with E-state index in [9.17, 15) is 14.4 Å². The lowest BCUT2D eigenvalue weighted by atomic mass is 10.0. The summed E-state index contributed by atoms with van der Waals surface area (Å²) in [5.41, 5.74) is 2.60. The van der Waals surface area contributed by atoms with E-state index in [1.807, 2.05) is 42.5 Å². The zero-order valence-corrected chi connectivity index (χ0v) is 16.2. The fraction of sp³-hybridized carbons (Fsp3) is 0.318. The van der Waals surface area contributed by atoms with Gasteiger partial charge in [-0.3, -0.25) is 14.4 Å². The summed E-state index contributed by atoms with van der Waals surface area (Å²) in [7, 11) is 3.37. The fourth-order valence-electron chi connectivity index (χ4n) is 3.42. The van der Waals surface area contributed by atoms with Gasteiger partial charge in [0.25, 0.3) is 5.91 Å². The summed E-state index contributed by atoms with van der Waals surface area (Å²) in [6, 6.07) is 16.7. The summed E-state index contributed by atoms with van der Waals surface area (Å²) >= 11 is 0. The molecule has 6 nitrogen and oxygen atoms in total. The van der Waals surface area contributed by atoms with E-state index in [-0.39, 0.29) is 24.3 Å². The molecule has 1 heterocycles. The molecule has 0 saturated carbocycles. The van der Waals surface area contributed by atoms with Gasteiger partial charge in [0.05, 0.1) is 6.54 Å². The topological polar surface area (TPSA) is 69.7 Å². The quantitative estimate of drug-likeness (QED) is 0.866. The second-order valence-electron chi connectivity index (χ2n) is 7.10. The van der Waals surface area contributed by atoms with Gasteiger partial charge in [-0.25, -0.2) is 0 Å². The van der Waals surface area contributed by atoms with E-state index in [1.165, 1.54) is 4.90 Å². The SMILES string of the molecule is CN(C)C(=O)C1CCCN1C(=O)CNC(=O)c1ccc(-c2ccccc2)cc1. The van der Waals surface area contributed by atoms with Crippen LogP contribution in [0.5, 0.6) is 0 Å². The standard InChI is InChI=1S/C22H25N3O3/c1-24(2)22(28)19-9-6-14-25(19)20(26)15-23-21(27)18-12-10-17(11-13-18)16-7-4-3-5-8-16/h3-5,7-8,10-13,19H,6,9,14-15H2,1-2H3,(H,23,27). The van der Waals surface area contributed by atoms with Crippen molar-refractivity contribution in [3.8, 4) is 11.1 Å². The summed E-state index contributed by atoms with van der Waals surface area (Å²) < 4.78 is 0. The van der Waals surface area contributed by atoms with Gasteiger partial charge in [-0.2, -0.15) is 0 Å². The second kappa shape index (κ2) is 8.69. The maximum Gasteiger partial charge on any atom is 0.251 e. The number of hydrogen-bond acceptors (Lipinski definition) is 3. The van der Waals surface area contributed by atoms with E-state index in [4.69, 9.17) is 0 Å². The normalized spacial score (nSPS) is 15.9. The molecule has 2 aromatic carbocycles. The summed E-state index contributed by atoms with van der Waals surface area (Å²) in [4.78, 5) is 40.2. The van der Waals surface area contributed by atoms with Gasteiger partial charge in [-0.15, -0.1) is 0 Å². The predicted octanol–water partition coefficient (Wildman–Crippen LogP) is 2.16. The second-order valence-corrected chi connectivity index (χ2v) is 7.10. The van der Waals surface area contributed by atoms with Crippen LogP contribution in [-0.2, 0) is 9.59 Å². The number of rotatable bonds is 5. The minimum atomic E-state index is -0.426. The number of hydrogen-bond donors (Lipinski definition) is 1. The van der Waals surface area contributed by atoms with Crippen LogP contribution in [0, 0.1) is 0 Å². The summed E-state index contributed by atoms with van der Waals surface area (Å²) in [5.74, 6) is -0.608. The number of benzene rings is 2. The van der Waals surface area contributed by atoms with Crippen molar-refractivity contribution in [2.75, 3.05) is 27.2 Å². The van der Waals surface area contributed by atoms with Crippen LogP contribution in [0.4, 0.5) is 0 Å². The van der Waals surface area contributed by atoms with Crippen LogP contribution < -0.4 is 5.32 Å². The minimum absolute atomic E-state index is 0.0753. The van der Waals surface area contributed by atoms with Crippen molar-refractivity contribution in [1.29, 1.82) is 0 Å². The first-order chi connectivity index (χ1) is 13.5. The molecule has 28 heavy (non-hydrogen) atoms. The highest BCUT2D eigenvalue weighted by Gasteiger charge is 2.34. The number of nitrogens with one attached hydrogen (secondary N) is 1.